The lowest BCUT2D eigenvalue weighted by Crippen LogP contribution is -2.47. The zero-order valence-corrected chi connectivity index (χ0v) is 16.8. The predicted octanol–water partition coefficient (Wildman–Crippen LogP) is -0.0181. The molecule has 1 atom stereocenters. The number of carboxylic acid groups (broad SMARTS) is 1. The fourth-order valence-corrected chi connectivity index (χ4v) is 2.42. The monoisotopic (exact) mass is 432 g/mol. The number of ether oxygens (including phenoxy) is 5. The third kappa shape index (κ3) is 11.0. The Morgan fingerprint density at radius 3 is 1.77 bits per heavy atom. The molecule has 0 aromatic heterocycles. The number of likely N-dealkylation sites (tertiary alicyclic amines) is 1. The Morgan fingerprint density at radius 2 is 1.33 bits per heavy atom. The van der Waals surface area contributed by atoms with E-state index in [1.807, 2.05) is 0 Å². The highest BCUT2D eigenvalue weighted by Crippen LogP contribution is 2.16. The molecule has 1 rings (SSSR count). The van der Waals surface area contributed by atoms with Crippen LogP contribution in [0.2, 0.25) is 0 Å². The molecule has 1 aliphatic heterocycles. The summed E-state index contributed by atoms with van der Waals surface area (Å²) in [5.41, 5.74) is 8.08. The lowest BCUT2D eigenvalue weighted by Gasteiger charge is -2.22. The van der Waals surface area contributed by atoms with Gasteiger partial charge in [-0.05, 0) is 5.53 Å². The minimum Gasteiger partial charge on any atom is -0.480 e. The minimum atomic E-state index is -1.31. The van der Waals surface area contributed by atoms with E-state index < -0.39 is 23.8 Å². The van der Waals surface area contributed by atoms with Gasteiger partial charge in [-0.3, -0.25) is 14.5 Å². The maximum Gasteiger partial charge on any atom is 0.329 e. The van der Waals surface area contributed by atoms with Crippen molar-refractivity contribution in [1.82, 2.24) is 4.90 Å². The van der Waals surface area contributed by atoms with Gasteiger partial charge in [0.1, 0.15) is 0 Å². The second-order valence-electron chi connectivity index (χ2n) is 5.99. The number of imide groups is 1. The Balaban J connectivity index is 1.91. The van der Waals surface area contributed by atoms with Crippen LogP contribution >= 0.6 is 0 Å². The summed E-state index contributed by atoms with van der Waals surface area (Å²) in [6, 6.07) is -1.31. The van der Waals surface area contributed by atoms with Gasteiger partial charge in [0.2, 0.25) is 11.8 Å². The van der Waals surface area contributed by atoms with Gasteiger partial charge in [0, 0.05) is 24.3 Å². The molecule has 0 bridgehead atoms. The molecule has 1 aliphatic rings. The van der Waals surface area contributed by atoms with Gasteiger partial charge in [0.25, 0.3) is 0 Å². The molecule has 1 N–H and O–H groups in total. The Hall–Kier alpha value is -2.28. The van der Waals surface area contributed by atoms with Crippen LogP contribution in [0.1, 0.15) is 12.8 Å². The maximum absolute atomic E-state index is 11.6. The molecule has 1 fully saturated rings. The van der Waals surface area contributed by atoms with E-state index >= 15 is 0 Å². The smallest absolute Gasteiger partial charge is 0.329 e. The second-order valence-corrected chi connectivity index (χ2v) is 5.99. The number of amides is 2. The van der Waals surface area contributed by atoms with Gasteiger partial charge in [0.15, 0.2) is 6.04 Å². The van der Waals surface area contributed by atoms with Crippen LogP contribution in [0.15, 0.2) is 5.11 Å². The van der Waals surface area contributed by atoms with Crippen LogP contribution in [0.4, 0.5) is 0 Å². The van der Waals surface area contributed by atoms with Crippen molar-refractivity contribution in [2.24, 2.45) is 5.11 Å². The van der Waals surface area contributed by atoms with E-state index in [0.29, 0.717) is 52.8 Å². The van der Waals surface area contributed by atoms with Crippen molar-refractivity contribution >= 4 is 17.8 Å². The first-order valence-electron chi connectivity index (χ1n) is 9.55. The Morgan fingerprint density at radius 1 is 0.900 bits per heavy atom. The molecule has 1 saturated heterocycles. The van der Waals surface area contributed by atoms with E-state index in [1.54, 1.807) is 0 Å². The van der Waals surface area contributed by atoms with Crippen molar-refractivity contribution in [3.63, 3.8) is 0 Å². The molecule has 0 radical (unpaired) electrons. The van der Waals surface area contributed by atoms with E-state index in [2.05, 4.69) is 10.0 Å². The molecule has 2 amide bonds. The van der Waals surface area contributed by atoms with Crippen LogP contribution in [0, 0.1) is 0 Å². The Kier molecular flexibility index (Phi) is 14.2. The number of nitrogens with zero attached hydrogens (tertiary/aromatic N) is 4. The molecular formula is C17H28N4O9. The quantitative estimate of drug-likeness (QED) is 0.0968. The average molecular weight is 432 g/mol. The number of carbonyl (C=O) groups excluding carboxylic acids is 2. The number of carboxylic acids is 1. The molecular weight excluding hydrogens is 404 g/mol. The van der Waals surface area contributed by atoms with Crippen molar-refractivity contribution in [3.8, 4) is 0 Å². The van der Waals surface area contributed by atoms with Gasteiger partial charge in [-0.2, -0.15) is 0 Å². The zero-order chi connectivity index (χ0) is 22.0. The van der Waals surface area contributed by atoms with Crippen molar-refractivity contribution in [3.05, 3.63) is 10.4 Å². The topological polar surface area (TPSA) is 170 Å². The highest BCUT2D eigenvalue weighted by molar-refractivity contribution is 6.04. The van der Waals surface area contributed by atoms with Crippen molar-refractivity contribution in [1.29, 1.82) is 0 Å². The van der Waals surface area contributed by atoms with Gasteiger partial charge < -0.3 is 28.8 Å². The average Bonchev–Trinajstić information content (AvgIpc) is 3.05. The van der Waals surface area contributed by atoms with Crippen LogP contribution in [0.5, 0.6) is 0 Å². The normalized spacial score (nSPS) is 14.7. The lowest BCUT2D eigenvalue weighted by molar-refractivity contribution is -0.157. The van der Waals surface area contributed by atoms with E-state index in [1.165, 1.54) is 0 Å². The summed E-state index contributed by atoms with van der Waals surface area (Å²) in [7, 11) is 0. The molecule has 1 heterocycles. The molecule has 0 aromatic carbocycles. The van der Waals surface area contributed by atoms with Gasteiger partial charge in [0.05, 0.1) is 66.1 Å². The Labute approximate surface area is 173 Å². The molecule has 0 saturated carbocycles. The molecule has 1 unspecified atom stereocenters. The van der Waals surface area contributed by atoms with E-state index in [4.69, 9.17) is 29.2 Å². The van der Waals surface area contributed by atoms with Crippen LogP contribution in [-0.4, -0.2) is 106 Å². The van der Waals surface area contributed by atoms with Gasteiger partial charge >= 0.3 is 5.97 Å². The van der Waals surface area contributed by atoms with Crippen LogP contribution in [0.3, 0.4) is 0 Å². The van der Waals surface area contributed by atoms with Crippen molar-refractivity contribution in [2.45, 2.75) is 18.9 Å². The number of carbonyl (C=O) groups is 3. The van der Waals surface area contributed by atoms with Gasteiger partial charge in [-0.25, -0.2) is 4.79 Å². The van der Waals surface area contributed by atoms with Crippen LogP contribution < -0.4 is 0 Å². The molecule has 170 valence electrons. The van der Waals surface area contributed by atoms with Crippen molar-refractivity contribution < 1.29 is 43.2 Å². The SMILES string of the molecule is [N-]=[N+]=NCCOCCOCCOCCOCCOCC(C(=O)O)N1C(=O)CCC1=O. The minimum absolute atomic E-state index is 0.0312. The molecule has 30 heavy (non-hydrogen) atoms. The first-order chi connectivity index (χ1) is 14.6. The van der Waals surface area contributed by atoms with Crippen LogP contribution in [-0.2, 0) is 38.1 Å². The standard InChI is InChI=1S/C17H28N4O9/c18-20-19-3-4-26-5-6-27-7-8-28-9-10-29-11-12-30-13-14(17(24)25)21-15(22)1-2-16(21)23/h14H,1-13H2,(H,24,25). The maximum atomic E-state index is 11.6. The third-order valence-electron chi connectivity index (χ3n) is 3.85. The number of rotatable bonds is 19. The first-order valence-corrected chi connectivity index (χ1v) is 9.55. The molecule has 13 nitrogen and oxygen atoms in total. The summed E-state index contributed by atoms with van der Waals surface area (Å²) in [6.45, 7) is 3.05. The summed E-state index contributed by atoms with van der Waals surface area (Å²) in [5.74, 6) is -2.27. The number of aliphatic carboxylic acids is 1. The molecule has 0 spiro atoms. The van der Waals surface area contributed by atoms with E-state index in [-0.39, 0.29) is 32.7 Å². The molecule has 0 aromatic rings. The fourth-order valence-electron chi connectivity index (χ4n) is 2.42. The van der Waals surface area contributed by atoms with Crippen LogP contribution in [0.25, 0.3) is 10.4 Å². The summed E-state index contributed by atoms with van der Waals surface area (Å²) in [6.07, 6.45) is 0.0623. The number of hydrogen-bond donors (Lipinski definition) is 1. The number of azide groups is 1. The fraction of sp³-hybridized carbons (Fsp3) is 0.824. The first kappa shape index (κ1) is 25.8. The van der Waals surface area contributed by atoms with Crippen molar-refractivity contribution in [2.75, 3.05) is 72.6 Å². The summed E-state index contributed by atoms with van der Waals surface area (Å²) in [5, 5.41) is 12.5. The molecule has 0 aliphatic carbocycles. The zero-order valence-electron chi connectivity index (χ0n) is 16.8. The lowest BCUT2D eigenvalue weighted by atomic mass is 10.3. The Bertz CT molecular complexity index is 568. The third-order valence-corrected chi connectivity index (χ3v) is 3.85. The number of hydrogen-bond acceptors (Lipinski definition) is 9. The van der Waals surface area contributed by atoms with E-state index in [9.17, 15) is 19.5 Å². The highest BCUT2D eigenvalue weighted by atomic mass is 16.6. The molecule has 13 heteroatoms. The van der Waals surface area contributed by atoms with Gasteiger partial charge in [-0.15, -0.1) is 0 Å². The predicted molar refractivity (Wildman–Crippen MR) is 101 cm³/mol. The highest BCUT2D eigenvalue weighted by Gasteiger charge is 2.38. The second kappa shape index (κ2) is 16.5. The largest absolute Gasteiger partial charge is 0.480 e. The summed E-state index contributed by atoms with van der Waals surface area (Å²) in [4.78, 5) is 37.9. The van der Waals surface area contributed by atoms with E-state index in [0.717, 1.165) is 4.90 Å². The summed E-state index contributed by atoms with van der Waals surface area (Å²) < 4.78 is 26.3. The summed E-state index contributed by atoms with van der Waals surface area (Å²) >= 11 is 0. The van der Waals surface area contributed by atoms with Gasteiger partial charge in [-0.1, -0.05) is 5.11 Å².